The molecule has 0 unspecified atom stereocenters. The summed E-state index contributed by atoms with van der Waals surface area (Å²) in [6.07, 6.45) is 20.6. The predicted octanol–water partition coefficient (Wildman–Crippen LogP) is 5.66. The summed E-state index contributed by atoms with van der Waals surface area (Å²) in [7, 11) is 0. The Kier molecular flexibility index (Phi) is 10.5. The summed E-state index contributed by atoms with van der Waals surface area (Å²) in [6.45, 7) is 10.2. The maximum atomic E-state index is 10.3. The molecular weight excluding hydrogens is 256 g/mol. The second kappa shape index (κ2) is 11.7. The summed E-state index contributed by atoms with van der Waals surface area (Å²) in [5.41, 5.74) is 4.59. The maximum absolute atomic E-state index is 10.3. The lowest BCUT2D eigenvalue weighted by atomic mass is 10.2. The third-order valence-electron chi connectivity index (χ3n) is 2.56. The lowest BCUT2D eigenvalue weighted by Gasteiger charge is -1.90. The number of carbonyl (C=O) groups is 1. The second-order valence-electron chi connectivity index (χ2n) is 5.19. The molecule has 0 saturated carbocycles. The van der Waals surface area contributed by atoms with Crippen LogP contribution in [-0.4, -0.2) is 6.29 Å². The molecule has 1 heteroatoms. The molecule has 0 aromatic heterocycles. The van der Waals surface area contributed by atoms with Gasteiger partial charge in [0.25, 0.3) is 0 Å². The van der Waals surface area contributed by atoms with Gasteiger partial charge in [0.1, 0.15) is 6.29 Å². The topological polar surface area (TPSA) is 17.1 Å². The zero-order valence-corrected chi connectivity index (χ0v) is 13.8. The highest BCUT2D eigenvalue weighted by atomic mass is 16.1. The average Bonchev–Trinajstić information content (AvgIpc) is 2.38. The quantitative estimate of drug-likeness (QED) is 0.334. The van der Waals surface area contributed by atoms with Crippen molar-refractivity contribution in [1.82, 2.24) is 0 Å². The zero-order chi connectivity index (χ0) is 16.1. The molecule has 112 valence electrons. The van der Waals surface area contributed by atoms with E-state index in [1.165, 1.54) is 11.1 Å². The summed E-state index contributed by atoms with van der Waals surface area (Å²) < 4.78 is 0. The van der Waals surface area contributed by atoms with Gasteiger partial charge in [0, 0.05) is 0 Å². The number of hydrogen-bond donors (Lipinski definition) is 0. The number of hydrogen-bond acceptors (Lipinski definition) is 1. The van der Waals surface area contributed by atoms with E-state index in [1.54, 1.807) is 6.08 Å². The molecule has 0 spiro atoms. The summed E-state index contributed by atoms with van der Waals surface area (Å²) in [4.78, 5) is 10.3. The van der Waals surface area contributed by atoms with Crippen molar-refractivity contribution in [1.29, 1.82) is 0 Å². The van der Waals surface area contributed by atoms with Gasteiger partial charge < -0.3 is 0 Å². The van der Waals surface area contributed by atoms with Gasteiger partial charge in [0.15, 0.2) is 0 Å². The number of allylic oxidation sites excluding steroid dienone is 14. The van der Waals surface area contributed by atoms with Crippen molar-refractivity contribution in [3.63, 3.8) is 0 Å². The standard InChI is InChI=1S/C20H26O/c1-17(2)9-6-10-18(3)11-7-12-19(4)13-8-14-20(5)15-16-21/h6-16H,1-5H3. The Bertz CT molecular complexity index is 528. The van der Waals surface area contributed by atoms with Crippen LogP contribution in [0.25, 0.3) is 0 Å². The van der Waals surface area contributed by atoms with Crippen LogP contribution >= 0.6 is 0 Å². The summed E-state index contributed by atoms with van der Waals surface area (Å²) >= 11 is 0. The van der Waals surface area contributed by atoms with Gasteiger partial charge in [0.2, 0.25) is 0 Å². The molecule has 0 fully saturated rings. The molecule has 21 heavy (non-hydrogen) atoms. The van der Waals surface area contributed by atoms with Gasteiger partial charge in [-0.15, -0.1) is 0 Å². The van der Waals surface area contributed by atoms with Crippen LogP contribution in [-0.2, 0) is 4.79 Å². The van der Waals surface area contributed by atoms with Crippen LogP contribution in [0, 0.1) is 0 Å². The van der Waals surface area contributed by atoms with Crippen LogP contribution < -0.4 is 0 Å². The van der Waals surface area contributed by atoms with Gasteiger partial charge in [-0.05, 0) is 46.3 Å². The minimum Gasteiger partial charge on any atom is -0.299 e. The molecule has 0 rings (SSSR count). The highest BCUT2D eigenvalue weighted by Gasteiger charge is 1.81. The van der Waals surface area contributed by atoms with E-state index in [0.717, 1.165) is 17.4 Å². The summed E-state index contributed by atoms with van der Waals surface area (Å²) in [5.74, 6) is 0. The first kappa shape index (κ1) is 18.9. The molecule has 0 amide bonds. The van der Waals surface area contributed by atoms with E-state index < -0.39 is 0 Å². The molecular formula is C20H26O. The van der Waals surface area contributed by atoms with Crippen LogP contribution in [0.3, 0.4) is 0 Å². The van der Waals surface area contributed by atoms with Gasteiger partial charge in [0.05, 0.1) is 0 Å². The average molecular weight is 282 g/mol. The lowest BCUT2D eigenvalue weighted by molar-refractivity contribution is -0.104. The van der Waals surface area contributed by atoms with Crippen molar-refractivity contribution in [3.05, 3.63) is 83.1 Å². The molecule has 0 bridgehead atoms. The molecule has 0 aliphatic carbocycles. The van der Waals surface area contributed by atoms with Gasteiger partial charge in [-0.2, -0.15) is 0 Å². The largest absolute Gasteiger partial charge is 0.299 e. The Morgan fingerprint density at radius 1 is 0.571 bits per heavy atom. The molecule has 1 nitrogen and oxygen atoms in total. The van der Waals surface area contributed by atoms with Crippen LogP contribution in [0.1, 0.15) is 34.6 Å². The van der Waals surface area contributed by atoms with E-state index in [4.69, 9.17) is 0 Å². The van der Waals surface area contributed by atoms with Crippen molar-refractivity contribution in [2.75, 3.05) is 0 Å². The fourth-order valence-electron chi connectivity index (χ4n) is 1.37. The molecule has 0 saturated heterocycles. The molecule has 0 heterocycles. The highest BCUT2D eigenvalue weighted by Crippen LogP contribution is 2.01. The van der Waals surface area contributed by atoms with Crippen molar-refractivity contribution in [2.24, 2.45) is 0 Å². The maximum Gasteiger partial charge on any atom is 0.143 e. The Morgan fingerprint density at radius 3 is 1.33 bits per heavy atom. The van der Waals surface area contributed by atoms with Crippen molar-refractivity contribution >= 4 is 6.29 Å². The second-order valence-corrected chi connectivity index (χ2v) is 5.19. The van der Waals surface area contributed by atoms with E-state index in [9.17, 15) is 4.79 Å². The monoisotopic (exact) mass is 282 g/mol. The Balaban J connectivity index is 4.53. The van der Waals surface area contributed by atoms with Crippen LogP contribution in [0.2, 0.25) is 0 Å². The number of carbonyl (C=O) groups excluding carboxylic acids is 1. The molecule has 0 aliphatic rings. The predicted molar refractivity (Wildman–Crippen MR) is 94.2 cm³/mol. The Morgan fingerprint density at radius 2 is 0.952 bits per heavy atom. The summed E-state index contributed by atoms with van der Waals surface area (Å²) in [5, 5.41) is 0. The van der Waals surface area contributed by atoms with Gasteiger partial charge in [-0.3, -0.25) is 4.79 Å². The fourth-order valence-corrected chi connectivity index (χ4v) is 1.37. The number of aldehydes is 1. The van der Waals surface area contributed by atoms with E-state index in [1.807, 2.05) is 38.2 Å². The molecule has 0 aliphatic heterocycles. The Hall–Kier alpha value is -2.15. The third-order valence-corrected chi connectivity index (χ3v) is 2.56. The normalized spacial score (nSPS) is 14.4. The third kappa shape index (κ3) is 12.6. The minimum absolute atomic E-state index is 0.798. The van der Waals surface area contributed by atoms with E-state index >= 15 is 0 Å². The van der Waals surface area contributed by atoms with Crippen LogP contribution in [0.15, 0.2) is 83.1 Å². The zero-order valence-electron chi connectivity index (χ0n) is 13.8. The van der Waals surface area contributed by atoms with Crippen LogP contribution in [0.5, 0.6) is 0 Å². The van der Waals surface area contributed by atoms with Gasteiger partial charge in [-0.1, -0.05) is 71.4 Å². The first-order chi connectivity index (χ1) is 9.95. The number of rotatable bonds is 7. The SMILES string of the molecule is CC(C)=CC=CC(C)=CC=CC(C)=CC=CC(C)=CC=O. The molecule has 0 radical (unpaired) electrons. The van der Waals surface area contributed by atoms with Crippen molar-refractivity contribution in [3.8, 4) is 0 Å². The molecule has 0 aromatic rings. The van der Waals surface area contributed by atoms with E-state index in [2.05, 4.69) is 51.2 Å². The highest BCUT2D eigenvalue weighted by molar-refractivity contribution is 5.66. The lowest BCUT2D eigenvalue weighted by Crippen LogP contribution is -1.71. The molecule has 0 N–H and O–H groups in total. The smallest absolute Gasteiger partial charge is 0.143 e. The first-order valence-electron chi connectivity index (χ1n) is 7.09. The molecule has 0 aromatic carbocycles. The fraction of sp³-hybridized carbons (Fsp3) is 0.250. The van der Waals surface area contributed by atoms with E-state index in [0.29, 0.717) is 0 Å². The first-order valence-corrected chi connectivity index (χ1v) is 7.09. The summed E-state index contributed by atoms with van der Waals surface area (Å²) in [6, 6.07) is 0. The molecule has 0 atom stereocenters. The minimum atomic E-state index is 0.798. The van der Waals surface area contributed by atoms with Gasteiger partial charge >= 0.3 is 0 Å². The van der Waals surface area contributed by atoms with Crippen molar-refractivity contribution < 1.29 is 4.79 Å². The van der Waals surface area contributed by atoms with Gasteiger partial charge in [-0.25, -0.2) is 0 Å². The Labute approximate surface area is 129 Å². The van der Waals surface area contributed by atoms with E-state index in [-0.39, 0.29) is 0 Å². The van der Waals surface area contributed by atoms with Crippen LogP contribution in [0.4, 0.5) is 0 Å². The van der Waals surface area contributed by atoms with Crippen molar-refractivity contribution in [2.45, 2.75) is 34.6 Å².